The van der Waals surface area contributed by atoms with Crippen LogP contribution in [0.4, 0.5) is 4.79 Å². The number of hydrogen-bond donors (Lipinski definition) is 0. The van der Waals surface area contributed by atoms with Crippen molar-refractivity contribution in [3.63, 3.8) is 0 Å². The highest BCUT2D eigenvalue weighted by atomic mass is 16.6. The maximum absolute atomic E-state index is 12.4. The van der Waals surface area contributed by atoms with Gasteiger partial charge < -0.3 is 14.5 Å². The van der Waals surface area contributed by atoms with Gasteiger partial charge in [-0.15, -0.1) is 0 Å². The van der Waals surface area contributed by atoms with E-state index in [1.807, 2.05) is 37.4 Å². The Balaban J connectivity index is 1.48. The lowest BCUT2D eigenvalue weighted by Crippen LogP contribution is -2.51. The second-order valence-electron chi connectivity index (χ2n) is 7.27. The number of amides is 2. The molecule has 1 atom stereocenters. The van der Waals surface area contributed by atoms with E-state index in [-0.39, 0.29) is 17.6 Å². The van der Waals surface area contributed by atoms with Crippen molar-refractivity contribution in [3.05, 3.63) is 35.9 Å². The molecule has 6 heteroatoms. The summed E-state index contributed by atoms with van der Waals surface area (Å²) in [7, 11) is 3.62. The van der Waals surface area contributed by atoms with E-state index in [2.05, 4.69) is 4.90 Å². The van der Waals surface area contributed by atoms with Gasteiger partial charge in [-0.25, -0.2) is 4.79 Å². The average Bonchev–Trinajstić information content (AvgIpc) is 2.86. The molecule has 2 aliphatic heterocycles. The number of carbonyl (C=O) groups is 2. The predicted molar refractivity (Wildman–Crippen MR) is 95.0 cm³/mol. The number of hydrogen-bond acceptors (Lipinski definition) is 4. The maximum Gasteiger partial charge on any atom is 0.410 e. The number of likely N-dealkylation sites (N-methyl/N-ethyl adjacent to an activating group) is 1. The lowest BCUT2D eigenvalue weighted by atomic mass is 9.92. The van der Waals surface area contributed by atoms with Crippen molar-refractivity contribution in [3.8, 4) is 0 Å². The third-order valence-electron chi connectivity index (χ3n) is 5.09. The lowest BCUT2D eigenvalue weighted by Gasteiger charge is -2.38. The molecule has 2 aliphatic rings. The monoisotopic (exact) mass is 345 g/mol. The van der Waals surface area contributed by atoms with Crippen LogP contribution >= 0.6 is 0 Å². The third-order valence-corrected chi connectivity index (χ3v) is 5.09. The second kappa shape index (κ2) is 7.44. The van der Waals surface area contributed by atoms with Gasteiger partial charge in [0.2, 0.25) is 5.91 Å². The van der Waals surface area contributed by atoms with Crippen molar-refractivity contribution < 1.29 is 14.3 Å². The molecule has 1 spiro atoms. The molecule has 6 nitrogen and oxygen atoms in total. The van der Waals surface area contributed by atoms with Gasteiger partial charge in [-0.2, -0.15) is 0 Å². The van der Waals surface area contributed by atoms with Gasteiger partial charge in [-0.05, 0) is 24.9 Å². The third kappa shape index (κ3) is 4.31. The Morgan fingerprint density at radius 2 is 2.04 bits per heavy atom. The molecule has 0 aliphatic carbocycles. The zero-order valence-electron chi connectivity index (χ0n) is 15.1. The predicted octanol–water partition coefficient (Wildman–Crippen LogP) is 1.95. The fourth-order valence-electron chi connectivity index (χ4n) is 3.78. The van der Waals surface area contributed by atoms with E-state index in [1.165, 1.54) is 0 Å². The van der Waals surface area contributed by atoms with E-state index in [1.54, 1.807) is 16.8 Å². The molecule has 1 aromatic rings. The van der Waals surface area contributed by atoms with Gasteiger partial charge in [-0.3, -0.25) is 9.69 Å². The van der Waals surface area contributed by atoms with Crippen LogP contribution in [0.3, 0.4) is 0 Å². The number of likely N-dealkylation sites (tertiary alicyclic amines) is 1. The Labute approximate surface area is 149 Å². The van der Waals surface area contributed by atoms with Crippen LogP contribution < -0.4 is 0 Å². The van der Waals surface area contributed by atoms with Gasteiger partial charge in [0.05, 0.1) is 6.54 Å². The first-order valence-corrected chi connectivity index (χ1v) is 8.92. The van der Waals surface area contributed by atoms with Gasteiger partial charge in [-0.1, -0.05) is 30.3 Å². The first-order valence-electron chi connectivity index (χ1n) is 8.92. The second-order valence-corrected chi connectivity index (χ2v) is 7.27. The van der Waals surface area contributed by atoms with Gasteiger partial charge in [0.25, 0.3) is 0 Å². The Hall–Kier alpha value is -2.08. The number of benzene rings is 1. The highest BCUT2D eigenvalue weighted by Gasteiger charge is 2.46. The molecule has 2 amide bonds. The lowest BCUT2D eigenvalue weighted by molar-refractivity contribution is -0.131. The van der Waals surface area contributed by atoms with Crippen molar-refractivity contribution in [1.82, 2.24) is 14.7 Å². The summed E-state index contributed by atoms with van der Waals surface area (Å²) >= 11 is 0. The molecular weight excluding hydrogens is 318 g/mol. The number of piperidine rings is 1. The summed E-state index contributed by atoms with van der Waals surface area (Å²) < 4.78 is 5.62. The smallest absolute Gasteiger partial charge is 0.410 e. The minimum Gasteiger partial charge on any atom is -0.440 e. The molecule has 2 heterocycles. The van der Waals surface area contributed by atoms with Gasteiger partial charge in [0.15, 0.2) is 0 Å². The summed E-state index contributed by atoms with van der Waals surface area (Å²) in [6.07, 6.45) is 2.15. The molecule has 0 N–H and O–H groups in total. The molecule has 2 saturated heterocycles. The van der Waals surface area contributed by atoms with Crippen molar-refractivity contribution in [1.29, 1.82) is 0 Å². The Kier molecular flexibility index (Phi) is 5.27. The van der Waals surface area contributed by atoms with E-state index in [0.29, 0.717) is 26.1 Å². The van der Waals surface area contributed by atoms with Crippen LogP contribution in [-0.2, 0) is 16.1 Å². The molecule has 3 rings (SSSR count). The Bertz CT molecular complexity index is 622. The van der Waals surface area contributed by atoms with Gasteiger partial charge in [0.1, 0.15) is 5.60 Å². The summed E-state index contributed by atoms with van der Waals surface area (Å²) in [6.45, 7) is 3.66. The molecule has 0 saturated carbocycles. The Morgan fingerprint density at radius 3 is 2.72 bits per heavy atom. The zero-order valence-corrected chi connectivity index (χ0v) is 15.1. The van der Waals surface area contributed by atoms with E-state index >= 15 is 0 Å². The molecule has 2 fully saturated rings. The van der Waals surface area contributed by atoms with Crippen molar-refractivity contribution in [2.24, 2.45) is 0 Å². The summed E-state index contributed by atoms with van der Waals surface area (Å²) in [5, 5.41) is 0. The standard InChI is InChI=1S/C19H27N3O3/c1-20(13-16-7-4-3-5-8-16)17(23)9-12-22-11-6-10-19(15-22)14-21(2)18(24)25-19/h3-5,7-8H,6,9-15H2,1-2H3. The number of nitrogens with zero attached hydrogens (tertiary/aromatic N) is 3. The topological polar surface area (TPSA) is 53.1 Å². The number of carbonyl (C=O) groups excluding carboxylic acids is 2. The summed E-state index contributed by atoms with van der Waals surface area (Å²) in [5.41, 5.74) is 0.750. The van der Waals surface area contributed by atoms with Gasteiger partial charge in [0, 0.05) is 40.2 Å². The largest absolute Gasteiger partial charge is 0.440 e. The Morgan fingerprint density at radius 1 is 1.28 bits per heavy atom. The number of ether oxygens (including phenoxy) is 1. The van der Waals surface area contributed by atoms with Crippen LogP contribution in [0, 0.1) is 0 Å². The van der Waals surface area contributed by atoms with Crippen LogP contribution in [0.2, 0.25) is 0 Å². The van der Waals surface area contributed by atoms with E-state index in [0.717, 1.165) is 31.5 Å². The van der Waals surface area contributed by atoms with Crippen molar-refractivity contribution in [2.45, 2.75) is 31.4 Å². The maximum atomic E-state index is 12.4. The summed E-state index contributed by atoms with van der Waals surface area (Å²) in [4.78, 5) is 29.8. The first-order chi connectivity index (χ1) is 12.0. The molecule has 136 valence electrons. The van der Waals surface area contributed by atoms with Crippen molar-refractivity contribution in [2.75, 3.05) is 40.3 Å². The molecule has 1 aromatic carbocycles. The van der Waals surface area contributed by atoms with Crippen LogP contribution in [0.5, 0.6) is 0 Å². The fourth-order valence-corrected chi connectivity index (χ4v) is 3.78. The number of rotatable bonds is 5. The molecule has 0 aromatic heterocycles. The summed E-state index contributed by atoms with van der Waals surface area (Å²) in [6, 6.07) is 10.0. The molecular formula is C19H27N3O3. The highest BCUT2D eigenvalue weighted by molar-refractivity contribution is 5.76. The van der Waals surface area contributed by atoms with E-state index in [4.69, 9.17) is 4.74 Å². The van der Waals surface area contributed by atoms with Crippen LogP contribution in [0.25, 0.3) is 0 Å². The van der Waals surface area contributed by atoms with Crippen LogP contribution in [0.15, 0.2) is 30.3 Å². The molecule has 1 unspecified atom stereocenters. The van der Waals surface area contributed by atoms with Crippen LogP contribution in [0.1, 0.15) is 24.8 Å². The molecule has 25 heavy (non-hydrogen) atoms. The first kappa shape index (κ1) is 17.7. The minimum atomic E-state index is -0.386. The van der Waals surface area contributed by atoms with E-state index < -0.39 is 0 Å². The van der Waals surface area contributed by atoms with Crippen molar-refractivity contribution >= 4 is 12.0 Å². The highest BCUT2D eigenvalue weighted by Crippen LogP contribution is 2.31. The van der Waals surface area contributed by atoms with E-state index in [9.17, 15) is 9.59 Å². The molecule has 0 bridgehead atoms. The fraction of sp³-hybridized carbons (Fsp3) is 0.579. The van der Waals surface area contributed by atoms with Crippen LogP contribution in [-0.4, -0.2) is 72.6 Å². The van der Waals surface area contributed by atoms with Gasteiger partial charge >= 0.3 is 6.09 Å². The molecule has 0 radical (unpaired) electrons. The normalized spacial score (nSPS) is 23.8. The quantitative estimate of drug-likeness (QED) is 0.819. The minimum absolute atomic E-state index is 0.143. The summed E-state index contributed by atoms with van der Waals surface area (Å²) in [5.74, 6) is 0.143. The zero-order chi connectivity index (χ0) is 17.9. The average molecular weight is 345 g/mol. The SMILES string of the molecule is CN(Cc1ccccc1)C(=O)CCN1CCCC2(C1)CN(C)C(=O)O2.